The molecule has 1 fully saturated rings. The van der Waals surface area contributed by atoms with Gasteiger partial charge in [-0.2, -0.15) is 4.99 Å². The third kappa shape index (κ3) is 8.75. The van der Waals surface area contributed by atoms with Crippen LogP contribution in [0.1, 0.15) is 69.3 Å². The fourth-order valence-electron chi connectivity index (χ4n) is 3.81. The Kier molecular flexibility index (Phi) is 11.0. The number of carboxylic acid groups (broad SMARTS) is 1. The topological polar surface area (TPSA) is 149 Å². The summed E-state index contributed by atoms with van der Waals surface area (Å²) in [6, 6.07) is 6.38. The van der Waals surface area contributed by atoms with E-state index in [2.05, 4.69) is 4.99 Å². The van der Waals surface area contributed by atoms with E-state index < -0.39 is 24.1 Å². The third-order valence-corrected chi connectivity index (χ3v) is 5.94. The van der Waals surface area contributed by atoms with Crippen LogP contribution < -0.4 is 5.73 Å². The summed E-state index contributed by atoms with van der Waals surface area (Å²) in [6.45, 7) is 8.47. The molecule has 10 nitrogen and oxygen atoms in total. The number of likely N-dealkylation sites (tertiary alicyclic amines) is 1. The molecule has 0 saturated carbocycles. The number of aliphatic carboxylic acids is 1. The predicted molar refractivity (Wildman–Crippen MR) is 134 cm³/mol. The number of rotatable bonds is 11. The number of amides is 2. The summed E-state index contributed by atoms with van der Waals surface area (Å²) in [5, 5.41) is 9.15. The van der Waals surface area contributed by atoms with Crippen molar-refractivity contribution in [3.63, 3.8) is 0 Å². The Hall–Kier alpha value is -3.27. The van der Waals surface area contributed by atoms with Crippen LogP contribution in [0.4, 0.5) is 4.79 Å². The summed E-state index contributed by atoms with van der Waals surface area (Å²) in [5.41, 5.74) is 6.78. The van der Waals surface area contributed by atoms with Crippen molar-refractivity contribution in [3.05, 3.63) is 35.4 Å². The number of Topliss-reactive ketones (excluding diaryl/α,β-unsaturated/α-hetero) is 1. The van der Waals surface area contributed by atoms with E-state index in [0.717, 1.165) is 0 Å². The Labute approximate surface area is 211 Å². The van der Waals surface area contributed by atoms with Gasteiger partial charge in [0, 0.05) is 36.6 Å². The molecule has 1 aromatic carbocycles. The minimum absolute atomic E-state index is 0.00743. The molecule has 10 heteroatoms. The van der Waals surface area contributed by atoms with Gasteiger partial charge in [-0.25, -0.2) is 9.59 Å². The van der Waals surface area contributed by atoms with E-state index in [9.17, 15) is 19.2 Å². The first-order valence-corrected chi connectivity index (χ1v) is 12.3. The van der Waals surface area contributed by atoms with E-state index in [1.165, 1.54) is 0 Å². The average Bonchev–Trinajstić information content (AvgIpc) is 2.85. The second-order valence-corrected chi connectivity index (χ2v) is 9.47. The molecule has 0 bridgehead atoms. The summed E-state index contributed by atoms with van der Waals surface area (Å²) in [6.07, 6.45) is -0.206. The van der Waals surface area contributed by atoms with Gasteiger partial charge in [-0.1, -0.05) is 52.0 Å². The number of ether oxygens (including phenoxy) is 2. The van der Waals surface area contributed by atoms with E-state index >= 15 is 0 Å². The SMILES string of the molecule is CCC(OC1CCN(C(=O)CC(C)C(=O)c2ccc(C(N)=NC(=O)OCC(C)C)cc2)CC1)C(=O)O. The molecule has 1 aliphatic rings. The van der Waals surface area contributed by atoms with Crippen molar-refractivity contribution >= 4 is 29.6 Å². The maximum atomic E-state index is 12.9. The molecule has 198 valence electrons. The number of carboxylic acids is 1. The maximum Gasteiger partial charge on any atom is 0.435 e. The molecular formula is C26H37N3O7. The largest absolute Gasteiger partial charge is 0.479 e. The van der Waals surface area contributed by atoms with Crippen LogP contribution in [0.2, 0.25) is 0 Å². The van der Waals surface area contributed by atoms with Gasteiger partial charge in [0.05, 0.1) is 12.7 Å². The molecule has 2 unspecified atom stereocenters. The van der Waals surface area contributed by atoms with Gasteiger partial charge in [-0.3, -0.25) is 9.59 Å². The smallest absolute Gasteiger partial charge is 0.435 e. The van der Waals surface area contributed by atoms with Gasteiger partial charge in [-0.05, 0) is 25.2 Å². The van der Waals surface area contributed by atoms with Crippen molar-refractivity contribution in [1.29, 1.82) is 0 Å². The first-order chi connectivity index (χ1) is 17.0. The number of piperidine rings is 1. The summed E-state index contributed by atoms with van der Waals surface area (Å²) < 4.78 is 10.6. The molecule has 2 amide bonds. The molecule has 3 N–H and O–H groups in total. The number of hydrogen-bond donors (Lipinski definition) is 2. The zero-order valence-corrected chi connectivity index (χ0v) is 21.4. The second kappa shape index (κ2) is 13.7. The van der Waals surface area contributed by atoms with E-state index in [-0.39, 0.29) is 42.6 Å². The van der Waals surface area contributed by atoms with E-state index in [1.54, 1.807) is 43.0 Å². The molecule has 0 aromatic heterocycles. The molecule has 0 aliphatic carbocycles. The Balaban J connectivity index is 1.87. The van der Waals surface area contributed by atoms with Gasteiger partial charge in [0.2, 0.25) is 5.91 Å². The number of aliphatic imine (C=N–C) groups is 1. The first-order valence-electron chi connectivity index (χ1n) is 12.3. The Morgan fingerprint density at radius 2 is 1.67 bits per heavy atom. The molecule has 2 atom stereocenters. The molecule has 1 saturated heterocycles. The van der Waals surface area contributed by atoms with E-state index in [1.807, 2.05) is 13.8 Å². The van der Waals surface area contributed by atoms with Crippen LogP contribution in [0, 0.1) is 11.8 Å². The predicted octanol–water partition coefficient (Wildman–Crippen LogP) is 3.26. The standard InChI is InChI=1S/C26H37N3O7/c1-5-21(25(32)33)36-20-10-12-29(13-11-20)22(30)14-17(4)23(31)18-6-8-19(9-7-18)24(27)28-26(34)35-15-16(2)3/h6-9,16-17,20-21H,5,10-15H2,1-4H3,(H,32,33)(H2,27,28,34). The fourth-order valence-corrected chi connectivity index (χ4v) is 3.81. The van der Waals surface area contributed by atoms with Crippen molar-refractivity contribution < 1.29 is 33.8 Å². The molecule has 2 rings (SSSR count). The quantitative estimate of drug-likeness (QED) is 0.265. The van der Waals surface area contributed by atoms with E-state index in [0.29, 0.717) is 43.5 Å². The van der Waals surface area contributed by atoms with Crippen LogP contribution >= 0.6 is 0 Å². The number of nitrogens with two attached hydrogens (primary N) is 1. The molecular weight excluding hydrogens is 466 g/mol. The number of carbonyl (C=O) groups excluding carboxylic acids is 3. The fraction of sp³-hybridized carbons (Fsp3) is 0.577. The number of benzene rings is 1. The van der Waals surface area contributed by atoms with Crippen molar-refractivity contribution in [3.8, 4) is 0 Å². The monoisotopic (exact) mass is 503 g/mol. The highest BCUT2D eigenvalue weighted by molar-refractivity contribution is 6.04. The molecule has 1 aromatic rings. The number of hydrogen-bond acceptors (Lipinski definition) is 6. The molecule has 0 spiro atoms. The summed E-state index contributed by atoms with van der Waals surface area (Å²) in [7, 11) is 0. The zero-order chi connectivity index (χ0) is 26.8. The van der Waals surface area contributed by atoms with Gasteiger partial charge in [0.1, 0.15) is 5.84 Å². The Morgan fingerprint density at radius 1 is 1.08 bits per heavy atom. The van der Waals surface area contributed by atoms with Gasteiger partial charge < -0.3 is 25.2 Å². The lowest BCUT2D eigenvalue weighted by Crippen LogP contribution is -2.43. The number of carbonyl (C=O) groups is 4. The van der Waals surface area contributed by atoms with Crippen LogP contribution in [0.3, 0.4) is 0 Å². The molecule has 36 heavy (non-hydrogen) atoms. The van der Waals surface area contributed by atoms with Gasteiger partial charge in [0.25, 0.3) is 0 Å². The minimum atomic E-state index is -0.976. The summed E-state index contributed by atoms with van der Waals surface area (Å²) in [4.78, 5) is 53.9. The number of nitrogens with zero attached hydrogens (tertiary/aromatic N) is 2. The van der Waals surface area contributed by atoms with Crippen LogP contribution in [0.25, 0.3) is 0 Å². The molecule has 1 heterocycles. The lowest BCUT2D eigenvalue weighted by Gasteiger charge is -2.33. The summed E-state index contributed by atoms with van der Waals surface area (Å²) in [5.74, 6) is -1.62. The normalized spacial score (nSPS) is 16.5. The van der Waals surface area contributed by atoms with E-state index in [4.69, 9.17) is 20.3 Å². The van der Waals surface area contributed by atoms with Crippen LogP contribution in [0.5, 0.6) is 0 Å². The van der Waals surface area contributed by atoms with Crippen molar-refractivity contribution in [2.24, 2.45) is 22.6 Å². The highest BCUT2D eigenvalue weighted by atomic mass is 16.5. The average molecular weight is 504 g/mol. The first kappa shape index (κ1) is 29.0. The number of amidine groups is 1. The lowest BCUT2D eigenvalue weighted by molar-refractivity contribution is -0.157. The molecule has 1 aliphatic heterocycles. The highest BCUT2D eigenvalue weighted by Gasteiger charge is 2.29. The van der Waals surface area contributed by atoms with Crippen molar-refractivity contribution in [1.82, 2.24) is 4.90 Å². The summed E-state index contributed by atoms with van der Waals surface area (Å²) >= 11 is 0. The van der Waals surface area contributed by atoms with Crippen molar-refractivity contribution in [2.75, 3.05) is 19.7 Å². The Bertz CT molecular complexity index is 951. The minimum Gasteiger partial charge on any atom is -0.479 e. The lowest BCUT2D eigenvalue weighted by atomic mass is 9.94. The van der Waals surface area contributed by atoms with Crippen molar-refractivity contribution in [2.45, 2.75) is 65.6 Å². The van der Waals surface area contributed by atoms with Gasteiger partial charge in [-0.15, -0.1) is 0 Å². The highest BCUT2D eigenvalue weighted by Crippen LogP contribution is 2.20. The molecule has 0 radical (unpaired) electrons. The number of ketones is 1. The van der Waals surface area contributed by atoms with Crippen LogP contribution in [-0.2, 0) is 19.1 Å². The van der Waals surface area contributed by atoms with Gasteiger partial charge >= 0.3 is 12.1 Å². The zero-order valence-electron chi connectivity index (χ0n) is 21.4. The second-order valence-electron chi connectivity index (χ2n) is 9.47. The van der Waals surface area contributed by atoms with Gasteiger partial charge in [0.15, 0.2) is 11.9 Å². The maximum absolute atomic E-state index is 12.9. The Morgan fingerprint density at radius 3 is 2.19 bits per heavy atom. The van der Waals surface area contributed by atoms with Crippen LogP contribution in [-0.4, -0.2) is 71.5 Å². The third-order valence-electron chi connectivity index (χ3n) is 5.94. The van der Waals surface area contributed by atoms with Crippen LogP contribution in [0.15, 0.2) is 29.3 Å².